The number of ketones is 1. The van der Waals surface area contributed by atoms with E-state index >= 15 is 0 Å². The monoisotopic (exact) mass is 351 g/mol. The van der Waals surface area contributed by atoms with Gasteiger partial charge in [0.05, 0.1) is 6.20 Å². The van der Waals surface area contributed by atoms with Gasteiger partial charge >= 0.3 is 0 Å². The first-order chi connectivity index (χ1) is 12.5. The Hall–Kier alpha value is -1.94. The van der Waals surface area contributed by atoms with Gasteiger partial charge in [-0.3, -0.25) is 14.4 Å². The number of piperidine rings is 1. The number of likely N-dealkylation sites (tertiary alicyclic amines) is 1. The van der Waals surface area contributed by atoms with E-state index in [1.54, 1.807) is 0 Å². The van der Waals surface area contributed by atoms with Crippen LogP contribution in [0.15, 0.2) is 36.5 Å². The van der Waals surface area contributed by atoms with Gasteiger partial charge in [0.1, 0.15) is 5.69 Å². The summed E-state index contributed by atoms with van der Waals surface area (Å²) in [6.45, 7) is 9.49. The molecule has 0 amide bonds. The predicted octanol–water partition coefficient (Wildman–Crippen LogP) is 4.12. The minimum Gasteiger partial charge on any atom is -0.299 e. The molecule has 2 aliphatic rings. The number of aromatic nitrogens is 2. The lowest BCUT2D eigenvalue weighted by molar-refractivity contribution is 0.0370. The van der Waals surface area contributed by atoms with E-state index in [4.69, 9.17) is 0 Å². The van der Waals surface area contributed by atoms with Gasteiger partial charge in [0.2, 0.25) is 0 Å². The summed E-state index contributed by atoms with van der Waals surface area (Å²) in [5, 5.41) is 4.52. The van der Waals surface area contributed by atoms with Crippen LogP contribution in [0, 0.1) is 11.3 Å². The number of carbonyl (C=O) groups excluding carboxylic acids is 1. The highest BCUT2D eigenvalue weighted by Gasteiger charge is 2.48. The van der Waals surface area contributed by atoms with Crippen LogP contribution in [0.5, 0.6) is 0 Å². The number of Topliss-reactive ketones (excluding diaryl/α,β-unsaturated/α-hetero) is 1. The maximum absolute atomic E-state index is 13.2. The van der Waals surface area contributed by atoms with Crippen molar-refractivity contribution in [2.75, 3.05) is 13.1 Å². The molecule has 1 atom stereocenters. The van der Waals surface area contributed by atoms with Gasteiger partial charge in [-0.15, -0.1) is 0 Å². The van der Waals surface area contributed by atoms with E-state index in [0.29, 0.717) is 5.78 Å². The van der Waals surface area contributed by atoms with Crippen molar-refractivity contribution in [1.29, 1.82) is 0 Å². The zero-order chi connectivity index (χ0) is 18.3. The average Bonchev–Trinajstić information content (AvgIpc) is 3.06. The molecule has 1 aromatic carbocycles. The minimum absolute atomic E-state index is 0.0862. The largest absolute Gasteiger partial charge is 0.299 e. The van der Waals surface area contributed by atoms with E-state index in [9.17, 15) is 4.79 Å². The highest BCUT2D eigenvalue weighted by Crippen LogP contribution is 2.47. The first-order valence-corrected chi connectivity index (χ1v) is 9.87. The molecule has 1 aliphatic heterocycles. The Morgan fingerprint density at radius 2 is 1.88 bits per heavy atom. The second-order valence-corrected chi connectivity index (χ2v) is 8.44. The Balaban J connectivity index is 1.51. The Bertz CT molecular complexity index is 785. The topological polar surface area (TPSA) is 38.1 Å². The van der Waals surface area contributed by atoms with E-state index in [2.05, 4.69) is 61.1 Å². The van der Waals surface area contributed by atoms with Gasteiger partial charge < -0.3 is 0 Å². The van der Waals surface area contributed by atoms with Gasteiger partial charge in [-0.05, 0) is 57.2 Å². The SMILES string of the molecule is CC(C)n1ncc2c1C(=O)C(C)C1(CCN(Cc3ccccc3)CC1)C2. The number of benzene rings is 1. The minimum atomic E-state index is 0.0862. The average molecular weight is 351 g/mol. The third-order valence-corrected chi connectivity index (χ3v) is 6.55. The van der Waals surface area contributed by atoms with Crippen molar-refractivity contribution in [3.63, 3.8) is 0 Å². The van der Waals surface area contributed by atoms with Gasteiger partial charge in [-0.1, -0.05) is 37.3 Å². The lowest BCUT2D eigenvalue weighted by Crippen LogP contribution is -2.48. The third-order valence-electron chi connectivity index (χ3n) is 6.55. The fourth-order valence-corrected chi connectivity index (χ4v) is 4.81. The van der Waals surface area contributed by atoms with E-state index in [0.717, 1.165) is 44.6 Å². The van der Waals surface area contributed by atoms with Gasteiger partial charge in [0.15, 0.2) is 5.78 Å². The van der Waals surface area contributed by atoms with Crippen molar-refractivity contribution in [1.82, 2.24) is 14.7 Å². The van der Waals surface area contributed by atoms with Crippen LogP contribution >= 0.6 is 0 Å². The second kappa shape index (κ2) is 6.66. The van der Waals surface area contributed by atoms with Crippen molar-refractivity contribution in [3.8, 4) is 0 Å². The van der Waals surface area contributed by atoms with Crippen LogP contribution in [-0.2, 0) is 13.0 Å². The van der Waals surface area contributed by atoms with Crippen molar-refractivity contribution < 1.29 is 4.79 Å². The summed E-state index contributed by atoms with van der Waals surface area (Å²) in [5.74, 6) is 0.386. The maximum atomic E-state index is 13.2. The highest BCUT2D eigenvalue weighted by molar-refractivity contribution is 5.99. The molecule has 1 spiro atoms. The van der Waals surface area contributed by atoms with Crippen LogP contribution in [-0.4, -0.2) is 33.6 Å². The third kappa shape index (κ3) is 2.90. The molecule has 1 unspecified atom stereocenters. The van der Waals surface area contributed by atoms with Crippen LogP contribution in [0.2, 0.25) is 0 Å². The molecule has 1 aliphatic carbocycles. The quantitative estimate of drug-likeness (QED) is 0.835. The molecule has 26 heavy (non-hydrogen) atoms. The molecule has 4 heteroatoms. The zero-order valence-corrected chi connectivity index (χ0v) is 16.1. The molecule has 138 valence electrons. The summed E-state index contributed by atoms with van der Waals surface area (Å²) in [7, 11) is 0. The Morgan fingerprint density at radius 3 is 2.54 bits per heavy atom. The van der Waals surface area contributed by atoms with Crippen molar-refractivity contribution >= 4 is 5.78 Å². The Labute approximate surface area is 156 Å². The number of fused-ring (bicyclic) bond motifs is 1. The standard InChI is InChI=1S/C22H29N3O/c1-16(2)25-20-19(14-23-25)13-22(17(3)21(20)26)9-11-24(12-10-22)15-18-7-5-4-6-8-18/h4-8,14,16-17H,9-13,15H2,1-3H3. The summed E-state index contributed by atoms with van der Waals surface area (Å²) in [6.07, 6.45) is 5.14. The van der Waals surface area contributed by atoms with E-state index < -0.39 is 0 Å². The lowest BCUT2D eigenvalue weighted by Gasteiger charge is -2.47. The molecular weight excluding hydrogens is 322 g/mol. The number of carbonyl (C=O) groups is 1. The summed E-state index contributed by atoms with van der Waals surface area (Å²) in [6, 6.07) is 10.9. The zero-order valence-electron chi connectivity index (χ0n) is 16.1. The summed E-state index contributed by atoms with van der Waals surface area (Å²) in [4.78, 5) is 15.7. The lowest BCUT2D eigenvalue weighted by atomic mass is 9.61. The maximum Gasteiger partial charge on any atom is 0.184 e. The molecule has 0 bridgehead atoms. The molecule has 1 aromatic heterocycles. The molecular formula is C22H29N3O. The smallest absolute Gasteiger partial charge is 0.184 e. The summed E-state index contributed by atoms with van der Waals surface area (Å²) >= 11 is 0. The molecule has 2 heterocycles. The first-order valence-electron chi connectivity index (χ1n) is 9.87. The summed E-state index contributed by atoms with van der Waals surface area (Å²) < 4.78 is 1.92. The fourth-order valence-electron chi connectivity index (χ4n) is 4.81. The van der Waals surface area contributed by atoms with E-state index in [-0.39, 0.29) is 17.4 Å². The highest BCUT2D eigenvalue weighted by atomic mass is 16.1. The van der Waals surface area contributed by atoms with Crippen LogP contribution in [0.4, 0.5) is 0 Å². The number of hydrogen-bond acceptors (Lipinski definition) is 3. The molecule has 0 N–H and O–H groups in total. The number of rotatable bonds is 3. The molecule has 1 saturated heterocycles. The molecule has 0 radical (unpaired) electrons. The van der Waals surface area contributed by atoms with Crippen LogP contribution in [0.3, 0.4) is 0 Å². The normalized spacial score (nSPS) is 22.8. The predicted molar refractivity (Wildman–Crippen MR) is 103 cm³/mol. The van der Waals surface area contributed by atoms with Gasteiger partial charge in [0.25, 0.3) is 0 Å². The Morgan fingerprint density at radius 1 is 1.19 bits per heavy atom. The fraction of sp³-hybridized carbons (Fsp3) is 0.545. The van der Waals surface area contributed by atoms with Crippen LogP contribution < -0.4 is 0 Å². The van der Waals surface area contributed by atoms with Gasteiger partial charge in [0, 0.05) is 24.1 Å². The summed E-state index contributed by atoms with van der Waals surface area (Å²) in [5.41, 5.74) is 3.52. The van der Waals surface area contributed by atoms with Gasteiger partial charge in [-0.25, -0.2) is 0 Å². The number of hydrogen-bond donors (Lipinski definition) is 0. The molecule has 4 rings (SSSR count). The Kier molecular flexibility index (Phi) is 4.47. The van der Waals surface area contributed by atoms with Crippen molar-refractivity contribution in [2.24, 2.45) is 11.3 Å². The number of nitrogens with zero attached hydrogens (tertiary/aromatic N) is 3. The molecule has 1 fully saturated rings. The van der Waals surface area contributed by atoms with Crippen LogP contribution in [0.25, 0.3) is 0 Å². The second-order valence-electron chi connectivity index (χ2n) is 8.44. The molecule has 4 nitrogen and oxygen atoms in total. The van der Waals surface area contributed by atoms with Crippen molar-refractivity contribution in [2.45, 2.75) is 52.6 Å². The van der Waals surface area contributed by atoms with Crippen molar-refractivity contribution in [3.05, 3.63) is 53.3 Å². The van der Waals surface area contributed by atoms with Gasteiger partial charge in [-0.2, -0.15) is 5.10 Å². The molecule has 2 aromatic rings. The first kappa shape index (κ1) is 17.5. The van der Waals surface area contributed by atoms with E-state index in [1.165, 1.54) is 11.1 Å². The van der Waals surface area contributed by atoms with E-state index in [1.807, 2.05) is 10.9 Å². The molecule has 0 saturated carbocycles. The van der Waals surface area contributed by atoms with Crippen LogP contribution in [0.1, 0.15) is 61.3 Å².